The van der Waals surface area contributed by atoms with E-state index in [1.54, 1.807) is 0 Å². The quantitative estimate of drug-likeness (QED) is 0.805. The van der Waals surface area contributed by atoms with Gasteiger partial charge in [0.1, 0.15) is 0 Å². The Balaban J connectivity index is 2.01. The number of rotatable bonds is 2. The summed E-state index contributed by atoms with van der Waals surface area (Å²) in [6, 6.07) is 8.35. The number of hydrogen-bond donors (Lipinski definition) is 2. The third kappa shape index (κ3) is 2.94. The summed E-state index contributed by atoms with van der Waals surface area (Å²) in [5, 5.41) is 4.13. The van der Waals surface area contributed by atoms with Crippen molar-refractivity contribution < 1.29 is 0 Å². The van der Waals surface area contributed by atoms with Gasteiger partial charge in [0.05, 0.1) is 0 Å². The zero-order valence-corrected chi connectivity index (χ0v) is 9.50. The standard InChI is InChI=1S/C12H17ClN2/c13-11-3-1-2-9(7-11)6-10-4-5-15-8-12(10)14/h1-3,7,10,12,15H,4-6,8,14H2. The first-order chi connectivity index (χ1) is 7.25. The van der Waals surface area contributed by atoms with Gasteiger partial charge in [0.2, 0.25) is 0 Å². The Hall–Kier alpha value is -0.570. The minimum absolute atomic E-state index is 0.276. The van der Waals surface area contributed by atoms with Gasteiger partial charge < -0.3 is 11.1 Å². The second-order valence-electron chi connectivity index (χ2n) is 4.25. The maximum Gasteiger partial charge on any atom is 0.0408 e. The van der Waals surface area contributed by atoms with Crippen LogP contribution in [-0.2, 0) is 6.42 Å². The maximum absolute atomic E-state index is 6.07. The Labute approximate surface area is 95.8 Å². The molecule has 2 rings (SSSR count). The average Bonchev–Trinajstić information content (AvgIpc) is 2.22. The normalized spacial score (nSPS) is 26.5. The lowest BCUT2D eigenvalue weighted by molar-refractivity contribution is 0.322. The van der Waals surface area contributed by atoms with E-state index in [2.05, 4.69) is 11.4 Å². The van der Waals surface area contributed by atoms with Crippen molar-refractivity contribution in [2.24, 2.45) is 11.7 Å². The molecular weight excluding hydrogens is 208 g/mol. The molecule has 1 saturated heterocycles. The fraction of sp³-hybridized carbons (Fsp3) is 0.500. The van der Waals surface area contributed by atoms with Gasteiger partial charge in [0.15, 0.2) is 0 Å². The highest BCUT2D eigenvalue weighted by Gasteiger charge is 2.21. The van der Waals surface area contributed by atoms with Crippen LogP contribution in [0.2, 0.25) is 5.02 Å². The molecule has 0 amide bonds. The molecule has 0 aliphatic carbocycles. The largest absolute Gasteiger partial charge is 0.326 e. The van der Waals surface area contributed by atoms with E-state index in [9.17, 15) is 0 Å². The van der Waals surface area contributed by atoms with E-state index in [1.807, 2.05) is 18.2 Å². The van der Waals surface area contributed by atoms with Gasteiger partial charge in [-0.1, -0.05) is 23.7 Å². The molecule has 0 saturated carbocycles. The van der Waals surface area contributed by atoms with Gasteiger partial charge >= 0.3 is 0 Å². The zero-order chi connectivity index (χ0) is 10.7. The number of hydrogen-bond acceptors (Lipinski definition) is 2. The summed E-state index contributed by atoms with van der Waals surface area (Å²) in [5.41, 5.74) is 7.37. The molecule has 3 heteroatoms. The predicted molar refractivity (Wildman–Crippen MR) is 64.1 cm³/mol. The second-order valence-corrected chi connectivity index (χ2v) is 4.69. The molecule has 1 aromatic carbocycles. The lowest BCUT2D eigenvalue weighted by atomic mass is 9.87. The van der Waals surface area contributed by atoms with E-state index in [-0.39, 0.29) is 6.04 Å². The first-order valence-electron chi connectivity index (χ1n) is 5.46. The van der Waals surface area contributed by atoms with Crippen LogP contribution in [0.15, 0.2) is 24.3 Å². The topological polar surface area (TPSA) is 38.0 Å². The van der Waals surface area contributed by atoms with Crippen LogP contribution in [0, 0.1) is 5.92 Å². The Morgan fingerprint density at radius 2 is 2.33 bits per heavy atom. The third-order valence-corrected chi connectivity index (χ3v) is 3.30. The van der Waals surface area contributed by atoms with Gasteiger partial charge in [0, 0.05) is 17.6 Å². The number of halogens is 1. The zero-order valence-electron chi connectivity index (χ0n) is 8.75. The van der Waals surface area contributed by atoms with Crippen LogP contribution in [0.4, 0.5) is 0 Å². The van der Waals surface area contributed by atoms with E-state index in [0.717, 1.165) is 31.0 Å². The van der Waals surface area contributed by atoms with Gasteiger partial charge in [-0.25, -0.2) is 0 Å². The van der Waals surface area contributed by atoms with Gasteiger partial charge in [0.25, 0.3) is 0 Å². The van der Waals surface area contributed by atoms with Crippen molar-refractivity contribution in [3.8, 4) is 0 Å². The van der Waals surface area contributed by atoms with Crippen LogP contribution >= 0.6 is 11.6 Å². The number of nitrogens with one attached hydrogen (secondary N) is 1. The Kier molecular flexibility index (Phi) is 3.62. The first-order valence-corrected chi connectivity index (χ1v) is 5.84. The van der Waals surface area contributed by atoms with E-state index >= 15 is 0 Å². The molecule has 1 heterocycles. The monoisotopic (exact) mass is 224 g/mol. The summed E-state index contributed by atoms with van der Waals surface area (Å²) in [4.78, 5) is 0. The van der Waals surface area contributed by atoms with Crippen molar-refractivity contribution in [1.29, 1.82) is 0 Å². The molecule has 1 aliphatic heterocycles. The minimum atomic E-state index is 0.276. The highest BCUT2D eigenvalue weighted by molar-refractivity contribution is 6.30. The molecule has 82 valence electrons. The number of nitrogens with two attached hydrogens (primary N) is 1. The Bertz CT molecular complexity index is 327. The van der Waals surface area contributed by atoms with Gasteiger partial charge in [-0.05, 0) is 43.0 Å². The minimum Gasteiger partial charge on any atom is -0.326 e. The SMILES string of the molecule is NC1CNCCC1Cc1cccc(Cl)c1. The molecule has 1 aliphatic rings. The van der Waals surface area contributed by atoms with Crippen LogP contribution in [-0.4, -0.2) is 19.1 Å². The summed E-state index contributed by atoms with van der Waals surface area (Å²) in [6.07, 6.45) is 2.21. The van der Waals surface area contributed by atoms with E-state index < -0.39 is 0 Å². The summed E-state index contributed by atoms with van der Waals surface area (Å²) >= 11 is 5.96. The Morgan fingerprint density at radius 1 is 1.47 bits per heavy atom. The third-order valence-electron chi connectivity index (χ3n) is 3.06. The molecule has 0 bridgehead atoms. The maximum atomic E-state index is 6.07. The molecule has 0 spiro atoms. The molecule has 2 atom stereocenters. The summed E-state index contributed by atoms with van der Waals surface area (Å²) in [7, 11) is 0. The van der Waals surface area contributed by atoms with Crippen LogP contribution in [0.1, 0.15) is 12.0 Å². The molecule has 15 heavy (non-hydrogen) atoms. The van der Waals surface area contributed by atoms with Gasteiger partial charge in [-0.15, -0.1) is 0 Å². The van der Waals surface area contributed by atoms with Crippen molar-refractivity contribution >= 4 is 11.6 Å². The van der Waals surface area contributed by atoms with E-state index in [0.29, 0.717) is 5.92 Å². The summed E-state index contributed by atoms with van der Waals surface area (Å²) < 4.78 is 0. The molecule has 0 radical (unpaired) electrons. The fourth-order valence-corrected chi connectivity index (χ4v) is 2.37. The average molecular weight is 225 g/mol. The van der Waals surface area contributed by atoms with Crippen LogP contribution < -0.4 is 11.1 Å². The number of benzene rings is 1. The first kappa shape index (κ1) is 10.9. The van der Waals surface area contributed by atoms with Crippen molar-refractivity contribution in [3.63, 3.8) is 0 Å². The smallest absolute Gasteiger partial charge is 0.0408 e. The highest BCUT2D eigenvalue weighted by Crippen LogP contribution is 2.19. The molecule has 3 N–H and O–H groups in total. The molecule has 1 fully saturated rings. The van der Waals surface area contributed by atoms with Gasteiger partial charge in [-0.3, -0.25) is 0 Å². The fourth-order valence-electron chi connectivity index (χ4n) is 2.16. The van der Waals surface area contributed by atoms with E-state index in [4.69, 9.17) is 17.3 Å². The van der Waals surface area contributed by atoms with Crippen LogP contribution in [0.25, 0.3) is 0 Å². The van der Waals surface area contributed by atoms with Crippen molar-refractivity contribution in [1.82, 2.24) is 5.32 Å². The highest BCUT2D eigenvalue weighted by atomic mass is 35.5. The van der Waals surface area contributed by atoms with Crippen molar-refractivity contribution in [3.05, 3.63) is 34.9 Å². The Morgan fingerprint density at radius 3 is 3.07 bits per heavy atom. The lowest BCUT2D eigenvalue weighted by Gasteiger charge is -2.29. The van der Waals surface area contributed by atoms with Gasteiger partial charge in [-0.2, -0.15) is 0 Å². The lowest BCUT2D eigenvalue weighted by Crippen LogP contribution is -2.46. The molecule has 1 aromatic rings. The molecule has 2 unspecified atom stereocenters. The van der Waals surface area contributed by atoms with Crippen molar-refractivity contribution in [2.75, 3.05) is 13.1 Å². The van der Waals surface area contributed by atoms with Crippen LogP contribution in [0.5, 0.6) is 0 Å². The molecule has 2 nitrogen and oxygen atoms in total. The summed E-state index contributed by atoms with van der Waals surface area (Å²) in [6.45, 7) is 2.02. The van der Waals surface area contributed by atoms with E-state index in [1.165, 1.54) is 5.56 Å². The molecular formula is C12H17ClN2. The number of piperidine rings is 1. The van der Waals surface area contributed by atoms with Crippen LogP contribution in [0.3, 0.4) is 0 Å². The van der Waals surface area contributed by atoms with Crippen molar-refractivity contribution in [2.45, 2.75) is 18.9 Å². The predicted octanol–water partition coefficient (Wildman–Crippen LogP) is 1.82. The molecule has 0 aromatic heterocycles. The second kappa shape index (κ2) is 4.97. The summed E-state index contributed by atoms with van der Waals surface area (Å²) in [5.74, 6) is 0.588.